The summed E-state index contributed by atoms with van der Waals surface area (Å²) in [5, 5.41) is 0. The number of hydrogen-bond donors (Lipinski definition) is 0. The van der Waals surface area contributed by atoms with Gasteiger partial charge in [0.15, 0.2) is 0 Å². The fourth-order valence-corrected chi connectivity index (χ4v) is 1.96. The molecule has 0 bridgehead atoms. The Kier molecular flexibility index (Phi) is 5.35. The van der Waals surface area contributed by atoms with E-state index in [0.717, 1.165) is 6.54 Å². The van der Waals surface area contributed by atoms with Crippen LogP contribution in [0.25, 0.3) is 0 Å². The average molecular weight is 249 g/mol. The van der Waals surface area contributed by atoms with Crippen LogP contribution in [0.2, 0.25) is 0 Å². The Morgan fingerprint density at radius 3 is 2.50 bits per heavy atom. The van der Waals surface area contributed by atoms with Gasteiger partial charge in [0.2, 0.25) is 0 Å². The van der Waals surface area contributed by atoms with Gasteiger partial charge in [-0.05, 0) is 57.0 Å². The molecule has 0 saturated heterocycles. The molecule has 18 heavy (non-hydrogen) atoms. The molecule has 0 aliphatic heterocycles. The van der Waals surface area contributed by atoms with Crippen LogP contribution in [0.3, 0.4) is 0 Å². The molecule has 0 heterocycles. The fraction of sp³-hybridized carbons (Fsp3) is 0.533. The SMILES string of the molecule is CCOC(=O)CN(C)Cc1ccc(C)c(C)c1C. The molecular weight excluding hydrogens is 226 g/mol. The van der Waals surface area contributed by atoms with E-state index in [-0.39, 0.29) is 5.97 Å². The molecule has 0 N–H and O–H groups in total. The van der Waals surface area contributed by atoms with Crippen LogP contribution in [0.15, 0.2) is 12.1 Å². The monoisotopic (exact) mass is 249 g/mol. The van der Waals surface area contributed by atoms with Crippen molar-refractivity contribution in [3.63, 3.8) is 0 Å². The van der Waals surface area contributed by atoms with Gasteiger partial charge in [0.25, 0.3) is 0 Å². The lowest BCUT2D eigenvalue weighted by Crippen LogP contribution is -2.27. The molecule has 1 rings (SSSR count). The third-order valence-electron chi connectivity index (χ3n) is 3.31. The summed E-state index contributed by atoms with van der Waals surface area (Å²) in [7, 11) is 1.94. The molecule has 0 radical (unpaired) electrons. The summed E-state index contributed by atoms with van der Waals surface area (Å²) in [4.78, 5) is 13.4. The van der Waals surface area contributed by atoms with E-state index in [0.29, 0.717) is 13.2 Å². The zero-order valence-corrected chi connectivity index (χ0v) is 12.0. The van der Waals surface area contributed by atoms with Gasteiger partial charge in [-0.25, -0.2) is 0 Å². The maximum atomic E-state index is 11.4. The van der Waals surface area contributed by atoms with Gasteiger partial charge in [0, 0.05) is 6.54 Å². The molecule has 3 nitrogen and oxygen atoms in total. The molecule has 1 aromatic rings. The molecular formula is C15H23NO2. The number of rotatable bonds is 5. The Morgan fingerprint density at radius 2 is 1.89 bits per heavy atom. The lowest BCUT2D eigenvalue weighted by atomic mass is 9.98. The van der Waals surface area contributed by atoms with Gasteiger partial charge >= 0.3 is 5.97 Å². The Hall–Kier alpha value is -1.35. The summed E-state index contributed by atoms with van der Waals surface area (Å²) in [6.45, 7) is 9.76. The molecule has 0 unspecified atom stereocenters. The molecule has 0 amide bonds. The first-order chi connectivity index (χ1) is 8.45. The molecule has 1 aromatic carbocycles. The number of aryl methyl sites for hydroxylation is 1. The van der Waals surface area contributed by atoms with E-state index in [2.05, 4.69) is 32.9 Å². The lowest BCUT2D eigenvalue weighted by Gasteiger charge is -2.18. The van der Waals surface area contributed by atoms with Gasteiger partial charge in [-0.1, -0.05) is 12.1 Å². The number of hydrogen-bond acceptors (Lipinski definition) is 3. The number of esters is 1. The lowest BCUT2D eigenvalue weighted by molar-refractivity contribution is -0.144. The first kappa shape index (κ1) is 14.7. The highest BCUT2D eigenvalue weighted by molar-refractivity contribution is 5.71. The average Bonchev–Trinajstić information content (AvgIpc) is 2.30. The number of ether oxygens (including phenoxy) is 1. The smallest absolute Gasteiger partial charge is 0.320 e. The van der Waals surface area contributed by atoms with E-state index in [1.165, 1.54) is 22.3 Å². The number of benzene rings is 1. The van der Waals surface area contributed by atoms with Crippen LogP contribution in [0.4, 0.5) is 0 Å². The van der Waals surface area contributed by atoms with Crippen LogP contribution < -0.4 is 0 Å². The molecule has 3 heteroatoms. The second-order valence-electron chi connectivity index (χ2n) is 4.77. The molecule has 0 aliphatic rings. The van der Waals surface area contributed by atoms with E-state index in [4.69, 9.17) is 4.74 Å². The third kappa shape index (κ3) is 3.84. The molecule has 0 fully saturated rings. The van der Waals surface area contributed by atoms with Gasteiger partial charge in [0.1, 0.15) is 0 Å². The first-order valence-electron chi connectivity index (χ1n) is 6.35. The van der Waals surface area contributed by atoms with Crippen molar-refractivity contribution in [1.29, 1.82) is 0 Å². The number of nitrogens with zero attached hydrogens (tertiary/aromatic N) is 1. The van der Waals surface area contributed by atoms with Crippen molar-refractivity contribution in [3.8, 4) is 0 Å². The minimum Gasteiger partial charge on any atom is -0.465 e. The van der Waals surface area contributed by atoms with Gasteiger partial charge < -0.3 is 4.74 Å². The first-order valence-corrected chi connectivity index (χ1v) is 6.35. The Bertz CT molecular complexity index is 427. The number of carbonyl (C=O) groups is 1. The number of likely N-dealkylation sites (N-methyl/N-ethyl adjacent to an activating group) is 1. The maximum absolute atomic E-state index is 11.4. The Morgan fingerprint density at radius 1 is 1.22 bits per heavy atom. The zero-order valence-electron chi connectivity index (χ0n) is 12.0. The van der Waals surface area contributed by atoms with Crippen LogP contribution in [-0.2, 0) is 16.1 Å². The summed E-state index contributed by atoms with van der Waals surface area (Å²) in [6, 6.07) is 4.27. The van der Waals surface area contributed by atoms with Crippen LogP contribution in [0.1, 0.15) is 29.2 Å². The van der Waals surface area contributed by atoms with Gasteiger partial charge in [-0.15, -0.1) is 0 Å². The Labute approximate surface area is 110 Å². The highest BCUT2D eigenvalue weighted by Crippen LogP contribution is 2.18. The van der Waals surface area contributed by atoms with Crippen molar-refractivity contribution < 1.29 is 9.53 Å². The van der Waals surface area contributed by atoms with Gasteiger partial charge in [-0.3, -0.25) is 9.69 Å². The van der Waals surface area contributed by atoms with Crippen LogP contribution in [0.5, 0.6) is 0 Å². The highest BCUT2D eigenvalue weighted by atomic mass is 16.5. The van der Waals surface area contributed by atoms with E-state index in [1.807, 2.05) is 18.9 Å². The third-order valence-corrected chi connectivity index (χ3v) is 3.31. The topological polar surface area (TPSA) is 29.5 Å². The van der Waals surface area contributed by atoms with Crippen LogP contribution in [-0.4, -0.2) is 31.1 Å². The van der Waals surface area contributed by atoms with Crippen LogP contribution >= 0.6 is 0 Å². The van der Waals surface area contributed by atoms with Crippen molar-refractivity contribution in [3.05, 3.63) is 34.4 Å². The standard InChI is InChI=1S/C15H23NO2/c1-6-18-15(17)10-16(5)9-14-8-7-11(2)12(3)13(14)4/h7-8H,6,9-10H2,1-5H3. The Balaban J connectivity index is 2.68. The van der Waals surface area contributed by atoms with Crippen molar-refractivity contribution in [1.82, 2.24) is 4.90 Å². The van der Waals surface area contributed by atoms with Crippen molar-refractivity contribution >= 4 is 5.97 Å². The largest absolute Gasteiger partial charge is 0.465 e. The summed E-state index contributed by atoms with van der Waals surface area (Å²) in [6.07, 6.45) is 0. The predicted octanol–water partition coefficient (Wildman–Crippen LogP) is 2.61. The van der Waals surface area contributed by atoms with E-state index in [9.17, 15) is 4.79 Å². The summed E-state index contributed by atoms with van der Waals surface area (Å²) < 4.78 is 4.94. The highest BCUT2D eigenvalue weighted by Gasteiger charge is 2.10. The molecule has 0 aromatic heterocycles. The molecule has 100 valence electrons. The molecule has 0 saturated carbocycles. The normalized spacial score (nSPS) is 10.8. The second-order valence-corrected chi connectivity index (χ2v) is 4.77. The minimum atomic E-state index is -0.165. The number of carbonyl (C=O) groups excluding carboxylic acids is 1. The quantitative estimate of drug-likeness (QED) is 0.751. The van der Waals surface area contributed by atoms with Crippen molar-refractivity contribution in [2.24, 2.45) is 0 Å². The molecule has 0 aliphatic carbocycles. The predicted molar refractivity (Wildman–Crippen MR) is 73.6 cm³/mol. The van der Waals surface area contributed by atoms with E-state index < -0.39 is 0 Å². The second kappa shape index (κ2) is 6.55. The van der Waals surface area contributed by atoms with Crippen LogP contribution in [0, 0.1) is 20.8 Å². The molecule has 0 atom stereocenters. The van der Waals surface area contributed by atoms with E-state index in [1.54, 1.807) is 0 Å². The van der Waals surface area contributed by atoms with E-state index >= 15 is 0 Å². The van der Waals surface area contributed by atoms with Gasteiger partial charge in [0.05, 0.1) is 13.2 Å². The summed E-state index contributed by atoms with van der Waals surface area (Å²) in [5.41, 5.74) is 5.22. The summed E-state index contributed by atoms with van der Waals surface area (Å²) >= 11 is 0. The zero-order chi connectivity index (χ0) is 13.7. The maximum Gasteiger partial charge on any atom is 0.320 e. The minimum absolute atomic E-state index is 0.165. The van der Waals surface area contributed by atoms with Gasteiger partial charge in [-0.2, -0.15) is 0 Å². The molecule has 0 spiro atoms. The fourth-order valence-electron chi connectivity index (χ4n) is 1.96. The van der Waals surface area contributed by atoms with Crippen molar-refractivity contribution in [2.75, 3.05) is 20.2 Å². The van der Waals surface area contributed by atoms with Crippen molar-refractivity contribution in [2.45, 2.75) is 34.2 Å². The summed E-state index contributed by atoms with van der Waals surface area (Å²) in [5.74, 6) is -0.165.